The minimum Gasteiger partial charge on any atom is -0.462 e. The van der Waals surface area contributed by atoms with Crippen molar-refractivity contribution in [3.63, 3.8) is 0 Å². The van der Waals surface area contributed by atoms with E-state index in [1.54, 1.807) is 24.3 Å². The smallest absolute Gasteiger partial charge is 0.339 e. The Labute approximate surface area is 193 Å². The maximum atomic E-state index is 12.6. The van der Waals surface area contributed by atoms with Crippen LogP contribution in [0.2, 0.25) is 0 Å². The Morgan fingerprint density at radius 3 is 2.00 bits per heavy atom. The van der Waals surface area contributed by atoms with E-state index in [1.165, 1.54) is 44.9 Å². The van der Waals surface area contributed by atoms with E-state index < -0.39 is 11.9 Å². The van der Waals surface area contributed by atoms with Crippen molar-refractivity contribution < 1.29 is 19.1 Å². The number of hydrogen-bond acceptors (Lipinski definition) is 4. The van der Waals surface area contributed by atoms with E-state index in [1.807, 2.05) is 0 Å². The summed E-state index contributed by atoms with van der Waals surface area (Å²) in [6, 6.07) is 6.72. The van der Waals surface area contributed by atoms with E-state index in [0.717, 1.165) is 38.5 Å². The highest BCUT2D eigenvalue weighted by Crippen LogP contribution is 2.29. The first kappa shape index (κ1) is 25.7. The van der Waals surface area contributed by atoms with Gasteiger partial charge in [0.15, 0.2) is 0 Å². The maximum absolute atomic E-state index is 12.6. The second-order valence-electron chi connectivity index (χ2n) is 8.67. The summed E-state index contributed by atoms with van der Waals surface area (Å²) >= 11 is 6.36. The fourth-order valence-corrected chi connectivity index (χ4v) is 4.46. The summed E-state index contributed by atoms with van der Waals surface area (Å²) in [7, 11) is 0. The summed E-state index contributed by atoms with van der Waals surface area (Å²) in [6.45, 7) is 2.92. The minimum atomic E-state index is -0.481. The van der Waals surface area contributed by atoms with Crippen molar-refractivity contribution in [1.82, 2.24) is 0 Å². The molecule has 0 N–H and O–H groups in total. The van der Waals surface area contributed by atoms with Crippen LogP contribution in [0.5, 0.6) is 0 Å². The van der Waals surface area contributed by atoms with Crippen molar-refractivity contribution in [2.45, 2.75) is 95.8 Å². The molecular formula is C26H39ClO4. The lowest BCUT2D eigenvalue weighted by Gasteiger charge is -2.26. The molecule has 4 nitrogen and oxygen atoms in total. The van der Waals surface area contributed by atoms with Gasteiger partial charge in [0, 0.05) is 11.3 Å². The van der Waals surface area contributed by atoms with Crippen LogP contribution in [0.25, 0.3) is 0 Å². The highest BCUT2D eigenvalue weighted by molar-refractivity contribution is 6.20. The molecule has 0 spiro atoms. The molecule has 2 rings (SSSR count). The molecule has 0 aliphatic heterocycles. The second-order valence-corrected chi connectivity index (χ2v) is 9.23. The predicted octanol–water partition coefficient (Wildman–Crippen LogP) is 7.33. The van der Waals surface area contributed by atoms with Crippen molar-refractivity contribution in [1.29, 1.82) is 0 Å². The van der Waals surface area contributed by atoms with Crippen molar-refractivity contribution in [2.75, 3.05) is 13.2 Å². The standard InChI is InChI=1S/C26H39ClO4/c1-2-3-4-5-6-7-8-9-14-19-30-25(28)22-16-11-12-17-23(22)26(29)31-20-21-15-10-13-18-24(21)27/h11-12,16-17,21,24H,2-10,13-15,18-20H2,1H3. The third-order valence-corrected chi connectivity index (χ3v) is 6.67. The number of hydrogen-bond donors (Lipinski definition) is 0. The van der Waals surface area contributed by atoms with Crippen LogP contribution in [0, 0.1) is 5.92 Å². The summed E-state index contributed by atoms with van der Waals surface area (Å²) in [5.74, 6) is -0.754. The first-order chi connectivity index (χ1) is 15.1. The van der Waals surface area contributed by atoms with Gasteiger partial charge >= 0.3 is 11.9 Å². The number of alkyl halides is 1. The number of benzene rings is 1. The third kappa shape index (κ3) is 9.64. The van der Waals surface area contributed by atoms with E-state index in [4.69, 9.17) is 21.1 Å². The molecule has 2 atom stereocenters. The van der Waals surface area contributed by atoms with Gasteiger partial charge in [-0.1, -0.05) is 83.3 Å². The number of carbonyl (C=O) groups is 2. The quantitative estimate of drug-likeness (QED) is 0.169. The van der Waals surface area contributed by atoms with Crippen LogP contribution in [-0.2, 0) is 9.47 Å². The van der Waals surface area contributed by atoms with E-state index in [9.17, 15) is 9.59 Å². The molecule has 5 heteroatoms. The first-order valence-electron chi connectivity index (χ1n) is 12.2. The fraction of sp³-hybridized carbons (Fsp3) is 0.692. The Balaban J connectivity index is 1.70. The van der Waals surface area contributed by atoms with Crippen molar-refractivity contribution >= 4 is 23.5 Å². The van der Waals surface area contributed by atoms with Gasteiger partial charge in [0.1, 0.15) is 0 Å². The van der Waals surface area contributed by atoms with Gasteiger partial charge in [-0.05, 0) is 31.4 Å². The molecular weight excluding hydrogens is 412 g/mol. The largest absolute Gasteiger partial charge is 0.462 e. The lowest BCUT2D eigenvalue weighted by molar-refractivity contribution is 0.0393. The molecule has 1 saturated carbocycles. The van der Waals surface area contributed by atoms with E-state index in [0.29, 0.717) is 13.2 Å². The van der Waals surface area contributed by atoms with Gasteiger partial charge < -0.3 is 9.47 Å². The molecule has 1 aromatic carbocycles. The fourth-order valence-electron chi connectivity index (χ4n) is 4.11. The molecule has 0 amide bonds. The summed E-state index contributed by atoms with van der Waals surface area (Å²) in [4.78, 5) is 25.1. The normalized spacial score (nSPS) is 18.5. The number of unbranched alkanes of at least 4 members (excludes halogenated alkanes) is 8. The molecule has 31 heavy (non-hydrogen) atoms. The number of esters is 2. The summed E-state index contributed by atoms with van der Waals surface area (Å²) in [6.07, 6.45) is 15.1. The molecule has 1 fully saturated rings. The van der Waals surface area contributed by atoms with Gasteiger partial charge in [-0.3, -0.25) is 0 Å². The predicted molar refractivity (Wildman–Crippen MR) is 126 cm³/mol. The molecule has 1 aliphatic rings. The molecule has 0 bridgehead atoms. The van der Waals surface area contributed by atoms with Crippen LogP contribution in [0.4, 0.5) is 0 Å². The molecule has 0 saturated heterocycles. The lowest BCUT2D eigenvalue weighted by atomic mass is 9.89. The summed E-state index contributed by atoms with van der Waals surface area (Å²) in [5, 5.41) is 0.0538. The van der Waals surface area contributed by atoms with Crippen LogP contribution in [0.15, 0.2) is 24.3 Å². The summed E-state index contributed by atoms with van der Waals surface area (Å²) < 4.78 is 10.9. The Morgan fingerprint density at radius 1 is 0.839 bits per heavy atom. The molecule has 0 aromatic heterocycles. The average molecular weight is 451 g/mol. The molecule has 0 radical (unpaired) electrons. The van der Waals surface area contributed by atoms with E-state index in [2.05, 4.69) is 6.92 Å². The first-order valence-corrected chi connectivity index (χ1v) is 12.6. The number of rotatable bonds is 14. The van der Waals surface area contributed by atoms with E-state index in [-0.39, 0.29) is 22.4 Å². The molecule has 1 aliphatic carbocycles. The minimum absolute atomic E-state index is 0.0538. The lowest BCUT2D eigenvalue weighted by Crippen LogP contribution is -2.26. The zero-order valence-corrected chi connectivity index (χ0v) is 19.8. The number of halogens is 1. The Morgan fingerprint density at radius 2 is 1.39 bits per heavy atom. The van der Waals surface area contributed by atoms with Crippen LogP contribution in [0.1, 0.15) is 111 Å². The SMILES string of the molecule is CCCCCCCCCCCOC(=O)c1ccccc1C(=O)OCC1CCCCC1Cl. The zero-order chi connectivity index (χ0) is 22.3. The third-order valence-electron chi connectivity index (χ3n) is 6.09. The zero-order valence-electron chi connectivity index (χ0n) is 19.1. The van der Waals surface area contributed by atoms with E-state index >= 15 is 0 Å². The van der Waals surface area contributed by atoms with Gasteiger partial charge in [-0.2, -0.15) is 0 Å². The summed E-state index contributed by atoms with van der Waals surface area (Å²) in [5.41, 5.74) is 0.538. The molecule has 174 valence electrons. The van der Waals surface area contributed by atoms with Gasteiger partial charge in [0.25, 0.3) is 0 Å². The van der Waals surface area contributed by atoms with Crippen LogP contribution >= 0.6 is 11.6 Å². The molecule has 1 aromatic rings. The Kier molecular flexibility index (Phi) is 12.7. The van der Waals surface area contributed by atoms with Gasteiger partial charge in [-0.15, -0.1) is 11.6 Å². The van der Waals surface area contributed by atoms with Gasteiger partial charge in [0.2, 0.25) is 0 Å². The number of carbonyl (C=O) groups excluding carboxylic acids is 2. The maximum Gasteiger partial charge on any atom is 0.339 e. The van der Waals surface area contributed by atoms with Crippen LogP contribution < -0.4 is 0 Å². The van der Waals surface area contributed by atoms with Crippen LogP contribution in [-0.4, -0.2) is 30.5 Å². The van der Waals surface area contributed by atoms with Crippen molar-refractivity contribution in [2.24, 2.45) is 5.92 Å². The highest BCUT2D eigenvalue weighted by Gasteiger charge is 2.26. The molecule has 0 heterocycles. The van der Waals surface area contributed by atoms with Crippen LogP contribution in [0.3, 0.4) is 0 Å². The van der Waals surface area contributed by atoms with Crippen molar-refractivity contribution in [3.05, 3.63) is 35.4 Å². The van der Waals surface area contributed by atoms with Gasteiger partial charge in [-0.25, -0.2) is 9.59 Å². The molecule has 2 unspecified atom stereocenters. The van der Waals surface area contributed by atoms with Gasteiger partial charge in [0.05, 0.1) is 24.3 Å². The highest BCUT2D eigenvalue weighted by atomic mass is 35.5. The topological polar surface area (TPSA) is 52.6 Å². The monoisotopic (exact) mass is 450 g/mol. The Bertz CT molecular complexity index is 661. The Hall–Kier alpha value is -1.55. The average Bonchev–Trinajstić information content (AvgIpc) is 2.79. The number of ether oxygens (including phenoxy) is 2. The second kappa shape index (κ2) is 15.3. The van der Waals surface area contributed by atoms with Crippen molar-refractivity contribution in [3.8, 4) is 0 Å².